The Morgan fingerprint density at radius 3 is 2.85 bits per heavy atom. The van der Waals surface area contributed by atoms with Crippen molar-refractivity contribution in [1.29, 1.82) is 0 Å². The lowest BCUT2D eigenvalue weighted by atomic mass is 10.4. The number of carbonyl (C=O) groups is 2. The minimum atomic E-state index is -1.16. The maximum Gasteiger partial charge on any atom is 0.261 e. The highest BCUT2D eigenvalue weighted by Gasteiger charge is 2.04. The largest absolute Gasteiger partial charge is 0.550 e. The first-order valence-electron chi connectivity index (χ1n) is 3.71. The molecule has 0 atom stereocenters. The third kappa shape index (κ3) is 3.25. The quantitative estimate of drug-likeness (QED) is 0.716. The summed E-state index contributed by atoms with van der Waals surface area (Å²) in [6.45, 7) is 0.110. The Morgan fingerprint density at radius 1 is 1.54 bits per heavy atom. The van der Waals surface area contributed by atoms with Crippen molar-refractivity contribution >= 4 is 23.2 Å². The molecule has 0 aliphatic rings. The molecule has 1 aromatic heterocycles. The Morgan fingerprint density at radius 2 is 2.31 bits per heavy atom. The number of aliphatic carboxylic acids is 1. The maximum absolute atomic E-state index is 11.2. The second kappa shape index (κ2) is 4.61. The van der Waals surface area contributed by atoms with E-state index < -0.39 is 5.97 Å². The van der Waals surface area contributed by atoms with E-state index >= 15 is 0 Å². The van der Waals surface area contributed by atoms with Gasteiger partial charge in [-0.05, 0) is 11.4 Å². The Labute approximate surface area is 79.2 Å². The summed E-state index contributed by atoms with van der Waals surface area (Å²) in [4.78, 5) is 21.8. The third-order valence-electron chi connectivity index (χ3n) is 1.36. The molecule has 0 bridgehead atoms. The average molecular weight is 198 g/mol. The third-order valence-corrected chi connectivity index (χ3v) is 2.23. The molecular weight excluding hydrogens is 190 g/mol. The number of carbonyl (C=O) groups excluding carboxylic acids is 2. The van der Waals surface area contributed by atoms with Crippen molar-refractivity contribution in [3.8, 4) is 0 Å². The normalized spacial score (nSPS) is 9.54. The highest BCUT2D eigenvalue weighted by atomic mass is 32.1. The van der Waals surface area contributed by atoms with Gasteiger partial charge in [0, 0.05) is 18.9 Å². The van der Waals surface area contributed by atoms with Gasteiger partial charge in [-0.15, -0.1) is 11.3 Å². The number of amides is 1. The number of rotatable bonds is 4. The number of thiophene rings is 1. The van der Waals surface area contributed by atoms with Crippen LogP contribution in [-0.2, 0) is 4.79 Å². The maximum atomic E-state index is 11.2. The number of carboxylic acid groups (broad SMARTS) is 1. The summed E-state index contributed by atoms with van der Waals surface area (Å²) in [5.41, 5.74) is 0. The molecule has 0 fully saturated rings. The van der Waals surface area contributed by atoms with Gasteiger partial charge < -0.3 is 15.2 Å². The van der Waals surface area contributed by atoms with Gasteiger partial charge in [0.25, 0.3) is 5.91 Å². The van der Waals surface area contributed by atoms with Crippen molar-refractivity contribution in [1.82, 2.24) is 5.32 Å². The first-order chi connectivity index (χ1) is 6.20. The SMILES string of the molecule is O=C([O-])CCNC(=O)c1cccs1. The molecule has 70 valence electrons. The molecule has 1 aromatic rings. The van der Waals surface area contributed by atoms with Gasteiger partial charge in [-0.3, -0.25) is 4.79 Å². The van der Waals surface area contributed by atoms with E-state index in [4.69, 9.17) is 0 Å². The van der Waals surface area contributed by atoms with Crippen LogP contribution < -0.4 is 10.4 Å². The molecule has 0 radical (unpaired) electrons. The van der Waals surface area contributed by atoms with Crippen LogP contribution in [0.5, 0.6) is 0 Å². The molecule has 1 amide bonds. The molecule has 4 nitrogen and oxygen atoms in total. The van der Waals surface area contributed by atoms with Gasteiger partial charge in [-0.1, -0.05) is 6.07 Å². The predicted molar refractivity (Wildman–Crippen MR) is 46.3 cm³/mol. The van der Waals surface area contributed by atoms with Crippen LogP contribution in [-0.4, -0.2) is 18.4 Å². The van der Waals surface area contributed by atoms with Crippen LogP contribution >= 0.6 is 11.3 Å². The van der Waals surface area contributed by atoms with Crippen molar-refractivity contribution < 1.29 is 14.7 Å². The Bertz CT molecular complexity index is 294. The summed E-state index contributed by atoms with van der Waals surface area (Å²) >= 11 is 1.31. The minimum absolute atomic E-state index is 0.110. The Hall–Kier alpha value is -1.36. The second-order valence-electron chi connectivity index (χ2n) is 2.36. The fourth-order valence-electron chi connectivity index (χ4n) is 0.773. The summed E-state index contributed by atoms with van der Waals surface area (Å²) < 4.78 is 0. The molecule has 0 saturated heterocycles. The number of carboxylic acids is 1. The van der Waals surface area contributed by atoms with E-state index in [1.54, 1.807) is 17.5 Å². The smallest absolute Gasteiger partial charge is 0.261 e. The molecule has 0 unspecified atom stereocenters. The molecule has 5 heteroatoms. The van der Waals surface area contributed by atoms with Gasteiger partial charge in [0.15, 0.2) is 0 Å². The molecule has 0 spiro atoms. The zero-order chi connectivity index (χ0) is 9.68. The highest BCUT2D eigenvalue weighted by Crippen LogP contribution is 2.07. The molecule has 0 saturated carbocycles. The standard InChI is InChI=1S/C8H9NO3S/c10-7(11)3-4-9-8(12)6-2-1-5-13-6/h1-2,5H,3-4H2,(H,9,12)(H,10,11)/p-1. The molecule has 0 aliphatic heterocycles. The Kier molecular flexibility index (Phi) is 3.45. The van der Waals surface area contributed by atoms with E-state index in [1.165, 1.54) is 11.3 Å². The predicted octanol–water partition coefficient (Wildman–Crippen LogP) is -0.382. The van der Waals surface area contributed by atoms with Crippen LogP contribution in [0, 0.1) is 0 Å². The fraction of sp³-hybridized carbons (Fsp3) is 0.250. The van der Waals surface area contributed by atoms with Crippen molar-refractivity contribution in [2.75, 3.05) is 6.54 Å². The number of nitrogens with one attached hydrogen (secondary N) is 1. The molecule has 1 N–H and O–H groups in total. The van der Waals surface area contributed by atoms with E-state index in [0.29, 0.717) is 4.88 Å². The van der Waals surface area contributed by atoms with Crippen LogP contribution in [0.25, 0.3) is 0 Å². The van der Waals surface area contributed by atoms with Crippen molar-refractivity contribution in [3.63, 3.8) is 0 Å². The highest BCUT2D eigenvalue weighted by molar-refractivity contribution is 7.12. The second-order valence-corrected chi connectivity index (χ2v) is 3.30. The van der Waals surface area contributed by atoms with Crippen molar-refractivity contribution in [3.05, 3.63) is 22.4 Å². The number of hydrogen-bond donors (Lipinski definition) is 1. The summed E-state index contributed by atoms with van der Waals surface area (Å²) in [6, 6.07) is 3.44. The monoisotopic (exact) mass is 198 g/mol. The molecule has 1 rings (SSSR count). The van der Waals surface area contributed by atoms with Crippen LogP contribution in [0.15, 0.2) is 17.5 Å². The van der Waals surface area contributed by atoms with E-state index in [1.807, 2.05) is 0 Å². The van der Waals surface area contributed by atoms with E-state index in [2.05, 4.69) is 5.32 Å². The topological polar surface area (TPSA) is 69.2 Å². The molecular formula is C8H8NO3S-. The van der Waals surface area contributed by atoms with Gasteiger partial charge in [0.1, 0.15) is 0 Å². The minimum Gasteiger partial charge on any atom is -0.550 e. The molecule has 1 heterocycles. The van der Waals surface area contributed by atoms with E-state index in [0.717, 1.165) is 0 Å². The lowest BCUT2D eigenvalue weighted by molar-refractivity contribution is -0.305. The van der Waals surface area contributed by atoms with E-state index in [9.17, 15) is 14.7 Å². The molecule has 0 aliphatic carbocycles. The summed E-state index contributed by atoms with van der Waals surface area (Å²) in [7, 11) is 0. The van der Waals surface area contributed by atoms with Crippen molar-refractivity contribution in [2.45, 2.75) is 6.42 Å². The lowest BCUT2D eigenvalue weighted by Gasteiger charge is -2.03. The summed E-state index contributed by atoms with van der Waals surface area (Å²) in [5.74, 6) is -1.40. The van der Waals surface area contributed by atoms with Gasteiger partial charge >= 0.3 is 0 Å². The van der Waals surface area contributed by atoms with Crippen LogP contribution in [0.1, 0.15) is 16.1 Å². The fourth-order valence-corrected chi connectivity index (χ4v) is 1.41. The van der Waals surface area contributed by atoms with Gasteiger partial charge in [-0.25, -0.2) is 0 Å². The average Bonchev–Trinajstić information content (AvgIpc) is 2.55. The van der Waals surface area contributed by atoms with Crippen LogP contribution in [0.2, 0.25) is 0 Å². The first kappa shape index (κ1) is 9.73. The molecule has 13 heavy (non-hydrogen) atoms. The van der Waals surface area contributed by atoms with Crippen LogP contribution in [0.4, 0.5) is 0 Å². The Balaban J connectivity index is 2.31. The van der Waals surface area contributed by atoms with E-state index in [-0.39, 0.29) is 18.9 Å². The van der Waals surface area contributed by atoms with Gasteiger partial charge in [-0.2, -0.15) is 0 Å². The van der Waals surface area contributed by atoms with Gasteiger partial charge in [0.05, 0.1) is 4.88 Å². The summed E-state index contributed by atoms with van der Waals surface area (Å²) in [6.07, 6.45) is -0.156. The van der Waals surface area contributed by atoms with Crippen LogP contribution in [0.3, 0.4) is 0 Å². The zero-order valence-electron chi connectivity index (χ0n) is 6.78. The lowest BCUT2D eigenvalue weighted by Crippen LogP contribution is -2.30. The van der Waals surface area contributed by atoms with Gasteiger partial charge in [0.2, 0.25) is 0 Å². The van der Waals surface area contributed by atoms with Crippen molar-refractivity contribution in [2.24, 2.45) is 0 Å². The molecule has 0 aromatic carbocycles. The number of hydrogen-bond acceptors (Lipinski definition) is 4. The first-order valence-corrected chi connectivity index (χ1v) is 4.59. The zero-order valence-corrected chi connectivity index (χ0v) is 7.60. The summed E-state index contributed by atoms with van der Waals surface area (Å²) in [5, 5.41) is 14.3.